The first-order chi connectivity index (χ1) is 15.1. The van der Waals surface area contributed by atoms with Crippen molar-refractivity contribution in [2.24, 2.45) is 7.05 Å². The van der Waals surface area contributed by atoms with Gasteiger partial charge in [0.05, 0.1) is 5.52 Å². The number of para-hydroxylation sites is 2. The van der Waals surface area contributed by atoms with Crippen LogP contribution in [0.25, 0.3) is 10.9 Å². The minimum Gasteiger partial charge on any atom is -0.311 e. The van der Waals surface area contributed by atoms with Gasteiger partial charge in [0.2, 0.25) is 0 Å². The van der Waals surface area contributed by atoms with E-state index in [2.05, 4.69) is 47.9 Å². The van der Waals surface area contributed by atoms with Crippen LogP contribution in [-0.4, -0.2) is 4.57 Å². The van der Waals surface area contributed by atoms with Gasteiger partial charge in [0.1, 0.15) is 0 Å². The lowest BCUT2D eigenvalue weighted by Crippen LogP contribution is -2.21. The Bertz CT molecular complexity index is 1300. The van der Waals surface area contributed by atoms with Gasteiger partial charge >= 0.3 is 0 Å². The largest absolute Gasteiger partial charge is 0.311 e. The summed E-state index contributed by atoms with van der Waals surface area (Å²) < 4.78 is 1.73. The second-order valence-electron chi connectivity index (χ2n) is 7.52. The third-order valence-electron chi connectivity index (χ3n) is 5.57. The van der Waals surface area contributed by atoms with Crippen molar-refractivity contribution in [2.75, 3.05) is 4.90 Å². The molecule has 0 amide bonds. The van der Waals surface area contributed by atoms with Gasteiger partial charge in [0, 0.05) is 36.1 Å². The first-order valence-electron chi connectivity index (χ1n) is 10.4. The number of fused-ring (bicyclic) bond motifs is 1. The molecular weight excluding hydrogens is 380 g/mol. The summed E-state index contributed by atoms with van der Waals surface area (Å²) in [4.78, 5) is 15.0. The van der Waals surface area contributed by atoms with Gasteiger partial charge < -0.3 is 9.47 Å². The van der Waals surface area contributed by atoms with Crippen LogP contribution in [0.3, 0.4) is 0 Å². The van der Waals surface area contributed by atoms with Crippen LogP contribution in [0.4, 0.5) is 11.4 Å². The molecule has 0 N–H and O–H groups in total. The molecule has 3 heteroatoms. The van der Waals surface area contributed by atoms with Crippen molar-refractivity contribution in [1.82, 2.24) is 4.57 Å². The van der Waals surface area contributed by atoms with Crippen LogP contribution in [0.15, 0.2) is 114 Å². The number of anilines is 2. The standard InChI is InChI=1S/C28H26N2O/c1-4-24(5-2)30(25-12-7-6-8-13-25)26-17-15-21(16-18-26)19-23-20-22-11-9-10-14-27(22)29(3)28(23)31/h4-18,20H,1,19H2,2-3H3/b24-5+. The number of pyridine rings is 1. The average Bonchev–Trinajstić information content (AvgIpc) is 2.82. The molecule has 0 saturated heterocycles. The van der Waals surface area contributed by atoms with E-state index < -0.39 is 0 Å². The number of aryl methyl sites for hydroxylation is 1. The van der Waals surface area contributed by atoms with Crippen LogP contribution >= 0.6 is 0 Å². The van der Waals surface area contributed by atoms with Crippen molar-refractivity contribution < 1.29 is 0 Å². The molecule has 154 valence electrons. The summed E-state index contributed by atoms with van der Waals surface area (Å²) in [5.74, 6) is 0. The fourth-order valence-corrected chi connectivity index (χ4v) is 3.96. The molecule has 0 aliphatic rings. The van der Waals surface area contributed by atoms with E-state index in [4.69, 9.17) is 0 Å². The zero-order valence-corrected chi connectivity index (χ0v) is 18.0. The van der Waals surface area contributed by atoms with E-state index in [-0.39, 0.29) is 5.56 Å². The quantitative estimate of drug-likeness (QED) is 0.348. The molecule has 1 heterocycles. The molecule has 0 fully saturated rings. The summed E-state index contributed by atoms with van der Waals surface area (Å²) in [7, 11) is 1.84. The zero-order valence-electron chi connectivity index (χ0n) is 18.0. The minimum absolute atomic E-state index is 0.0524. The minimum atomic E-state index is 0.0524. The summed E-state index contributed by atoms with van der Waals surface area (Å²) in [6, 6.07) is 28.6. The third kappa shape index (κ3) is 4.08. The maximum Gasteiger partial charge on any atom is 0.254 e. The number of hydrogen-bond donors (Lipinski definition) is 0. The summed E-state index contributed by atoms with van der Waals surface area (Å²) in [5.41, 5.74) is 6.05. The van der Waals surface area contributed by atoms with Crippen molar-refractivity contribution in [2.45, 2.75) is 13.3 Å². The lowest BCUT2D eigenvalue weighted by atomic mass is 10.0. The summed E-state index contributed by atoms with van der Waals surface area (Å²) in [6.07, 6.45) is 4.51. The third-order valence-corrected chi connectivity index (χ3v) is 5.57. The highest BCUT2D eigenvalue weighted by atomic mass is 16.1. The fourth-order valence-electron chi connectivity index (χ4n) is 3.96. The molecule has 3 aromatic carbocycles. The molecule has 0 radical (unpaired) electrons. The number of allylic oxidation sites excluding steroid dienone is 2. The van der Waals surface area contributed by atoms with Crippen molar-refractivity contribution in [3.05, 3.63) is 131 Å². The van der Waals surface area contributed by atoms with E-state index in [0.29, 0.717) is 6.42 Å². The molecule has 0 unspecified atom stereocenters. The molecular formula is C28H26N2O. The molecule has 4 rings (SSSR count). The first-order valence-corrected chi connectivity index (χ1v) is 10.4. The van der Waals surface area contributed by atoms with Crippen molar-refractivity contribution in [3.63, 3.8) is 0 Å². The number of hydrogen-bond acceptors (Lipinski definition) is 2. The van der Waals surface area contributed by atoms with Gasteiger partial charge in [-0.3, -0.25) is 4.79 Å². The fraction of sp³-hybridized carbons (Fsp3) is 0.107. The predicted octanol–water partition coefficient (Wildman–Crippen LogP) is 6.36. The van der Waals surface area contributed by atoms with Gasteiger partial charge in [-0.15, -0.1) is 0 Å². The first kappa shape index (κ1) is 20.4. The van der Waals surface area contributed by atoms with Gasteiger partial charge in [-0.25, -0.2) is 0 Å². The lowest BCUT2D eigenvalue weighted by Gasteiger charge is -2.26. The Labute approximate surface area is 183 Å². The van der Waals surface area contributed by atoms with Crippen LogP contribution in [0.5, 0.6) is 0 Å². The van der Waals surface area contributed by atoms with Crippen LogP contribution in [0.1, 0.15) is 18.1 Å². The molecule has 0 spiro atoms. The molecule has 31 heavy (non-hydrogen) atoms. The molecule has 0 aliphatic heterocycles. The number of rotatable bonds is 6. The van der Waals surface area contributed by atoms with Crippen LogP contribution in [-0.2, 0) is 13.5 Å². The maximum absolute atomic E-state index is 12.9. The van der Waals surface area contributed by atoms with E-state index in [0.717, 1.165) is 39.1 Å². The van der Waals surface area contributed by atoms with E-state index in [1.807, 2.05) is 74.7 Å². The Balaban J connectivity index is 1.68. The van der Waals surface area contributed by atoms with Gasteiger partial charge in [0.15, 0.2) is 0 Å². The average molecular weight is 407 g/mol. The molecule has 1 aromatic heterocycles. The molecule has 4 aromatic rings. The molecule has 0 saturated carbocycles. The van der Waals surface area contributed by atoms with E-state index in [9.17, 15) is 4.79 Å². The molecule has 0 atom stereocenters. The Kier molecular flexibility index (Phi) is 5.85. The second kappa shape index (κ2) is 8.88. The zero-order chi connectivity index (χ0) is 21.8. The Morgan fingerprint density at radius 1 is 0.935 bits per heavy atom. The van der Waals surface area contributed by atoms with Gasteiger partial charge in [-0.2, -0.15) is 0 Å². The number of benzene rings is 3. The normalized spacial score (nSPS) is 11.5. The highest BCUT2D eigenvalue weighted by Crippen LogP contribution is 2.30. The molecule has 3 nitrogen and oxygen atoms in total. The highest BCUT2D eigenvalue weighted by Gasteiger charge is 2.13. The van der Waals surface area contributed by atoms with Crippen molar-refractivity contribution in [1.29, 1.82) is 0 Å². The summed E-state index contributed by atoms with van der Waals surface area (Å²) in [6.45, 7) is 5.98. The maximum atomic E-state index is 12.9. The summed E-state index contributed by atoms with van der Waals surface area (Å²) >= 11 is 0. The monoisotopic (exact) mass is 406 g/mol. The van der Waals surface area contributed by atoms with Crippen molar-refractivity contribution >= 4 is 22.3 Å². The van der Waals surface area contributed by atoms with Gasteiger partial charge in [-0.05, 0) is 60.3 Å². The van der Waals surface area contributed by atoms with Gasteiger partial charge in [-0.1, -0.05) is 61.2 Å². The SMILES string of the molecule is C=C/C(=C\C)N(c1ccccc1)c1ccc(Cc2cc3ccccc3n(C)c2=O)cc1. The van der Waals surface area contributed by atoms with Crippen LogP contribution in [0.2, 0.25) is 0 Å². The second-order valence-corrected chi connectivity index (χ2v) is 7.52. The highest BCUT2D eigenvalue weighted by molar-refractivity contribution is 5.79. The smallest absolute Gasteiger partial charge is 0.254 e. The predicted molar refractivity (Wildman–Crippen MR) is 131 cm³/mol. The van der Waals surface area contributed by atoms with E-state index in [1.54, 1.807) is 4.57 Å². The topological polar surface area (TPSA) is 25.2 Å². The lowest BCUT2D eigenvalue weighted by molar-refractivity contribution is 0.882. The molecule has 0 aliphatic carbocycles. The number of aromatic nitrogens is 1. The van der Waals surface area contributed by atoms with E-state index >= 15 is 0 Å². The van der Waals surface area contributed by atoms with Crippen LogP contribution < -0.4 is 10.5 Å². The van der Waals surface area contributed by atoms with Gasteiger partial charge in [0.25, 0.3) is 5.56 Å². The van der Waals surface area contributed by atoms with Crippen LogP contribution in [0, 0.1) is 0 Å². The van der Waals surface area contributed by atoms with E-state index in [1.165, 1.54) is 0 Å². The Hall–Kier alpha value is -3.85. The molecule has 0 bridgehead atoms. The Morgan fingerprint density at radius 2 is 1.58 bits per heavy atom. The summed E-state index contributed by atoms with van der Waals surface area (Å²) in [5, 5.41) is 1.08. The number of nitrogens with zero attached hydrogens (tertiary/aromatic N) is 2. The van der Waals surface area contributed by atoms with Crippen molar-refractivity contribution in [3.8, 4) is 0 Å². The Morgan fingerprint density at radius 3 is 2.26 bits per heavy atom.